The van der Waals surface area contributed by atoms with Crippen molar-refractivity contribution in [3.63, 3.8) is 0 Å². The lowest BCUT2D eigenvalue weighted by Gasteiger charge is -2.17. The van der Waals surface area contributed by atoms with E-state index < -0.39 is 0 Å². The minimum absolute atomic E-state index is 0.359. The van der Waals surface area contributed by atoms with Crippen molar-refractivity contribution in [2.24, 2.45) is 0 Å². The smallest absolute Gasteiger partial charge is 0.0292 e. The quantitative estimate of drug-likeness (QED) is 0.594. The van der Waals surface area contributed by atoms with E-state index in [0.29, 0.717) is 12.1 Å². The molecular weight excluding hydrogens is 404 g/mol. The zero-order valence-corrected chi connectivity index (χ0v) is 16.1. The zero-order chi connectivity index (χ0) is 15.9. The summed E-state index contributed by atoms with van der Waals surface area (Å²) in [7, 11) is 0. The van der Waals surface area contributed by atoms with Gasteiger partial charge in [0.25, 0.3) is 0 Å². The lowest BCUT2D eigenvalue weighted by Crippen LogP contribution is -2.30. The van der Waals surface area contributed by atoms with Gasteiger partial charge in [0.05, 0.1) is 0 Å². The van der Waals surface area contributed by atoms with Gasteiger partial charge < -0.3 is 10.6 Å². The van der Waals surface area contributed by atoms with Crippen LogP contribution in [-0.2, 0) is 0 Å². The Morgan fingerprint density at radius 3 is 1.32 bits per heavy atom. The third-order valence-electron chi connectivity index (χ3n) is 3.77. The third-order valence-corrected chi connectivity index (χ3v) is 4.82. The molecule has 0 radical (unpaired) electrons. The van der Waals surface area contributed by atoms with Gasteiger partial charge in [-0.05, 0) is 49.2 Å². The van der Waals surface area contributed by atoms with Gasteiger partial charge in [-0.3, -0.25) is 0 Å². The molecule has 0 fully saturated rings. The Kier molecular flexibility index (Phi) is 7.09. The van der Waals surface area contributed by atoms with Gasteiger partial charge in [-0.25, -0.2) is 0 Å². The molecule has 0 amide bonds. The van der Waals surface area contributed by atoms with Gasteiger partial charge in [0.15, 0.2) is 0 Å². The van der Waals surface area contributed by atoms with Gasteiger partial charge >= 0.3 is 0 Å². The van der Waals surface area contributed by atoms with E-state index in [4.69, 9.17) is 0 Å². The molecule has 2 atom stereocenters. The molecule has 22 heavy (non-hydrogen) atoms. The second kappa shape index (κ2) is 8.82. The van der Waals surface area contributed by atoms with Crippen molar-refractivity contribution in [1.82, 2.24) is 10.6 Å². The first-order valence-electron chi connectivity index (χ1n) is 7.54. The highest BCUT2D eigenvalue weighted by Crippen LogP contribution is 2.17. The molecule has 0 saturated carbocycles. The molecule has 0 bridgehead atoms. The van der Waals surface area contributed by atoms with E-state index in [1.54, 1.807) is 0 Å². The van der Waals surface area contributed by atoms with Crippen LogP contribution in [0.4, 0.5) is 0 Å². The Morgan fingerprint density at radius 1 is 0.682 bits per heavy atom. The van der Waals surface area contributed by atoms with Gasteiger partial charge in [-0.1, -0.05) is 56.1 Å². The summed E-state index contributed by atoms with van der Waals surface area (Å²) in [4.78, 5) is 0. The van der Waals surface area contributed by atoms with Crippen LogP contribution in [-0.4, -0.2) is 13.1 Å². The molecule has 2 aromatic carbocycles. The molecule has 0 aromatic heterocycles. The normalized spacial score (nSPS) is 13.8. The molecule has 0 saturated heterocycles. The van der Waals surface area contributed by atoms with Crippen molar-refractivity contribution < 1.29 is 0 Å². The van der Waals surface area contributed by atoms with E-state index in [1.807, 2.05) is 0 Å². The van der Waals surface area contributed by atoms with E-state index >= 15 is 0 Å². The molecule has 0 aliphatic heterocycles. The molecule has 2 nitrogen and oxygen atoms in total. The van der Waals surface area contributed by atoms with Crippen molar-refractivity contribution in [2.45, 2.75) is 25.9 Å². The molecule has 2 unspecified atom stereocenters. The fraction of sp³-hybridized carbons (Fsp3) is 0.333. The van der Waals surface area contributed by atoms with Gasteiger partial charge in [-0.2, -0.15) is 0 Å². The molecule has 2 rings (SSSR count). The van der Waals surface area contributed by atoms with Gasteiger partial charge in [0.2, 0.25) is 0 Å². The average Bonchev–Trinajstić information content (AvgIpc) is 2.52. The molecule has 118 valence electrons. The first kappa shape index (κ1) is 17.7. The minimum atomic E-state index is 0.359. The first-order chi connectivity index (χ1) is 10.6. The Balaban J connectivity index is 1.72. The molecule has 2 aromatic rings. The molecular formula is C18H22Br2N2. The lowest BCUT2D eigenvalue weighted by atomic mass is 10.1. The van der Waals surface area contributed by atoms with E-state index in [9.17, 15) is 0 Å². The summed E-state index contributed by atoms with van der Waals surface area (Å²) in [6.45, 7) is 6.28. The molecule has 0 aliphatic rings. The predicted molar refractivity (Wildman–Crippen MR) is 101 cm³/mol. The topological polar surface area (TPSA) is 24.1 Å². The van der Waals surface area contributed by atoms with Crippen molar-refractivity contribution >= 4 is 31.9 Å². The minimum Gasteiger partial charge on any atom is -0.309 e. The predicted octanol–water partition coefficient (Wildman–Crippen LogP) is 5.21. The van der Waals surface area contributed by atoms with Gasteiger partial charge in [-0.15, -0.1) is 0 Å². The average molecular weight is 426 g/mol. The largest absolute Gasteiger partial charge is 0.309 e. The molecule has 4 heteroatoms. The second-order valence-corrected chi connectivity index (χ2v) is 7.29. The van der Waals surface area contributed by atoms with E-state index in [1.165, 1.54) is 11.1 Å². The van der Waals surface area contributed by atoms with Crippen molar-refractivity contribution in [3.8, 4) is 0 Å². The van der Waals surface area contributed by atoms with E-state index in [-0.39, 0.29) is 0 Å². The highest BCUT2D eigenvalue weighted by Gasteiger charge is 2.06. The van der Waals surface area contributed by atoms with Crippen LogP contribution in [0.15, 0.2) is 57.5 Å². The molecule has 0 heterocycles. The third kappa shape index (κ3) is 5.51. The summed E-state index contributed by atoms with van der Waals surface area (Å²) in [6, 6.07) is 17.7. The van der Waals surface area contributed by atoms with Crippen LogP contribution in [0.3, 0.4) is 0 Å². The number of halogens is 2. The van der Waals surface area contributed by atoms with Gasteiger partial charge in [0.1, 0.15) is 0 Å². The van der Waals surface area contributed by atoms with Crippen molar-refractivity contribution in [3.05, 3.63) is 68.6 Å². The number of benzene rings is 2. The number of rotatable bonds is 7. The Bertz CT molecular complexity index is 513. The Morgan fingerprint density at radius 2 is 1.00 bits per heavy atom. The summed E-state index contributed by atoms with van der Waals surface area (Å²) < 4.78 is 2.24. The van der Waals surface area contributed by atoms with Crippen LogP contribution in [0.25, 0.3) is 0 Å². The maximum Gasteiger partial charge on any atom is 0.0292 e. The summed E-state index contributed by atoms with van der Waals surface area (Å²) in [5, 5.41) is 7.10. The fourth-order valence-corrected chi connectivity index (χ4v) is 2.84. The van der Waals surface area contributed by atoms with Crippen LogP contribution in [0.2, 0.25) is 0 Å². The first-order valence-corrected chi connectivity index (χ1v) is 9.12. The maximum absolute atomic E-state index is 3.55. The fourth-order valence-electron chi connectivity index (χ4n) is 2.32. The van der Waals surface area contributed by atoms with Crippen LogP contribution in [0, 0.1) is 0 Å². The second-order valence-electron chi connectivity index (χ2n) is 5.45. The highest BCUT2D eigenvalue weighted by atomic mass is 79.9. The van der Waals surface area contributed by atoms with E-state index in [2.05, 4.69) is 105 Å². The summed E-state index contributed by atoms with van der Waals surface area (Å²) in [6.07, 6.45) is 0. The monoisotopic (exact) mass is 424 g/mol. The lowest BCUT2D eigenvalue weighted by molar-refractivity contribution is 0.511. The highest BCUT2D eigenvalue weighted by molar-refractivity contribution is 9.10. The van der Waals surface area contributed by atoms with Crippen molar-refractivity contribution in [2.75, 3.05) is 13.1 Å². The Labute approximate surface area is 150 Å². The molecule has 0 aliphatic carbocycles. The summed E-state index contributed by atoms with van der Waals surface area (Å²) in [5.74, 6) is 0. The van der Waals surface area contributed by atoms with Crippen LogP contribution >= 0.6 is 31.9 Å². The van der Waals surface area contributed by atoms with Gasteiger partial charge in [0, 0.05) is 34.1 Å². The zero-order valence-electron chi connectivity index (χ0n) is 12.9. The van der Waals surface area contributed by atoms with Crippen LogP contribution < -0.4 is 10.6 Å². The number of hydrogen-bond acceptors (Lipinski definition) is 2. The summed E-state index contributed by atoms with van der Waals surface area (Å²) >= 11 is 6.94. The standard InChI is InChI=1S/C18H22Br2N2/c1-13(15-3-7-17(19)8-4-15)21-11-12-22-14(2)16-5-9-18(20)10-6-16/h3-10,13-14,21-22H,11-12H2,1-2H3. The number of hydrogen-bond donors (Lipinski definition) is 2. The van der Waals surface area contributed by atoms with Crippen molar-refractivity contribution in [1.29, 1.82) is 0 Å². The molecule has 2 N–H and O–H groups in total. The van der Waals surface area contributed by atoms with E-state index in [0.717, 1.165) is 22.0 Å². The summed E-state index contributed by atoms with van der Waals surface area (Å²) in [5.41, 5.74) is 2.62. The van der Waals surface area contributed by atoms with Crippen LogP contribution in [0.5, 0.6) is 0 Å². The SMILES string of the molecule is CC(NCCNC(C)c1ccc(Br)cc1)c1ccc(Br)cc1. The number of nitrogens with one attached hydrogen (secondary N) is 2. The maximum atomic E-state index is 3.55. The van der Waals surface area contributed by atoms with Crippen LogP contribution in [0.1, 0.15) is 37.1 Å². The molecule has 0 spiro atoms. The Hall–Kier alpha value is -0.680.